The molecule has 2 fully saturated rings. The second-order valence-electron chi connectivity index (χ2n) is 11.4. The number of rotatable bonds is 7. The number of nitriles is 1. The van der Waals surface area contributed by atoms with Crippen LogP contribution in [0.15, 0.2) is 36.4 Å². The molecule has 1 aromatic heterocycles. The third-order valence-corrected chi connectivity index (χ3v) is 9.35. The maximum atomic E-state index is 13.8. The highest BCUT2D eigenvalue weighted by Crippen LogP contribution is 2.37. The molecule has 3 aliphatic heterocycles. The maximum absolute atomic E-state index is 13.8. The Balaban J connectivity index is 1.33. The zero-order valence-corrected chi connectivity index (χ0v) is 25.6. The van der Waals surface area contributed by atoms with Gasteiger partial charge in [0.1, 0.15) is 12.4 Å². The summed E-state index contributed by atoms with van der Waals surface area (Å²) in [6.07, 6.45) is 2.94. The van der Waals surface area contributed by atoms with Gasteiger partial charge < -0.3 is 24.3 Å². The summed E-state index contributed by atoms with van der Waals surface area (Å²) in [5.41, 5.74) is 0.799. The normalized spacial score (nSPS) is 21.5. The lowest BCUT2D eigenvalue weighted by atomic mass is 10.0. The predicted molar refractivity (Wildman–Crippen MR) is 166 cm³/mol. The lowest BCUT2D eigenvalue weighted by Gasteiger charge is -2.42. The van der Waals surface area contributed by atoms with Crippen molar-refractivity contribution in [2.24, 2.45) is 0 Å². The average molecular weight is 627 g/mol. The average Bonchev–Trinajstić information content (AvgIpc) is 3.43. The van der Waals surface area contributed by atoms with Crippen LogP contribution in [0.25, 0.3) is 10.8 Å². The maximum Gasteiger partial charge on any atom is 0.318 e. The Kier molecular flexibility index (Phi) is 8.75. The quantitative estimate of drug-likeness (QED) is 0.347. The molecule has 2 saturated heterocycles. The Labute approximate surface area is 260 Å². The summed E-state index contributed by atoms with van der Waals surface area (Å²) in [5.74, 6) is -0.0616. The fourth-order valence-electron chi connectivity index (χ4n) is 6.56. The van der Waals surface area contributed by atoms with Crippen molar-refractivity contribution in [3.8, 4) is 12.1 Å². The van der Waals surface area contributed by atoms with Crippen LogP contribution in [0.2, 0.25) is 5.02 Å². The molecule has 9 nitrogen and oxygen atoms in total. The van der Waals surface area contributed by atoms with Crippen molar-refractivity contribution in [2.45, 2.75) is 49.9 Å². The van der Waals surface area contributed by atoms with Crippen molar-refractivity contribution in [3.05, 3.63) is 52.7 Å². The Morgan fingerprint density at radius 2 is 1.95 bits per heavy atom. The van der Waals surface area contributed by atoms with Gasteiger partial charge in [0.15, 0.2) is 0 Å². The molecule has 12 heteroatoms. The first-order chi connectivity index (χ1) is 20.8. The van der Waals surface area contributed by atoms with Crippen molar-refractivity contribution in [3.63, 3.8) is 0 Å². The van der Waals surface area contributed by atoms with Crippen LogP contribution < -0.4 is 14.5 Å². The Hall–Kier alpha value is -3.39. The molecule has 0 spiro atoms. The van der Waals surface area contributed by atoms with Crippen LogP contribution in [0, 0.1) is 11.3 Å². The molecule has 0 aliphatic carbocycles. The predicted octanol–water partition coefficient (Wildman–Crippen LogP) is 4.78. The molecule has 0 N–H and O–H groups in total. The van der Waals surface area contributed by atoms with E-state index < -0.39 is 17.6 Å². The number of likely N-dealkylation sites (tertiary alicyclic amines) is 1. The van der Waals surface area contributed by atoms with E-state index in [9.17, 15) is 14.4 Å². The van der Waals surface area contributed by atoms with Gasteiger partial charge in [-0.05, 0) is 50.4 Å². The standard InChI is InChI=1S/C31H34Cl2FN7O2/c1-38-13-4-7-22(38)19-43-31-36-25-18-39(26-9-3-6-20-5-2-8-24(32)27(20)26)14-11-23(25)29(37-31)40-15-16-41(30(42)28(33)34)21(17-40)10-12-35/h2-3,5-6,8-9,21-22,28H,4,7,10-11,13-19H2,1H3/t21-,22-,28-/m0/s1. The highest BCUT2D eigenvalue weighted by Gasteiger charge is 2.36. The molecule has 0 saturated carbocycles. The number of hydrogen-bond donors (Lipinski definition) is 0. The van der Waals surface area contributed by atoms with Gasteiger partial charge in [-0.2, -0.15) is 15.2 Å². The molecule has 0 radical (unpaired) electrons. The Bertz CT molecular complexity index is 1550. The Morgan fingerprint density at radius 1 is 1.14 bits per heavy atom. The van der Waals surface area contributed by atoms with Gasteiger partial charge in [-0.15, -0.1) is 0 Å². The first-order valence-corrected chi connectivity index (χ1v) is 15.5. The van der Waals surface area contributed by atoms with E-state index in [-0.39, 0.29) is 13.0 Å². The van der Waals surface area contributed by atoms with Gasteiger partial charge in [-0.3, -0.25) is 4.79 Å². The largest absolute Gasteiger partial charge is 0.462 e. The number of fused-ring (bicyclic) bond motifs is 2. The fraction of sp³-hybridized carbons (Fsp3) is 0.484. The fourth-order valence-corrected chi connectivity index (χ4v) is 6.97. The van der Waals surface area contributed by atoms with Crippen LogP contribution in [0.4, 0.5) is 15.9 Å². The number of halogens is 3. The van der Waals surface area contributed by atoms with Gasteiger partial charge in [0.05, 0.1) is 35.8 Å². The third kappa shape index (κ3) is 6.03. The first-order valence-electron chi connectivity index (χ1n) is 14.7. The monoisotopic (exact) mass is 625 g/mol. The van der Waals surface area contributed by atoms with Gasteiger partial charge in [0.25, 0.3) is 11.5 Å². The number of benzene rings is 2. The molecule has 43 heavy (non-hydrogen) atoms. The van der Waals surface area contributed by atoms with Crippen LogP contribution >= 0.6 is 23.2 Å². The summed E-state index contributed by atoms with van der Waals surface area (Å²) in [7, 11) is 2.10. The van der Waals surface area contributed by atoms with Crippen LogP contribution in [0.5, 0.6) is 6.01 Å². The number of nitrogens with zero attached hydrogens (tertiary/aromatic N) is 7. The summed E-state index contributed by atoms with van der Waals surface area (Å²) in [4.78, 5) is 30.3. The SMILES string of the molecule is CN1CCC[C@H]1COc1nc2c(c(N3CCN(C(=O)[C@H](F)Cl)[C@@H](CC#N)C3)n1)CCN(c1cccc3cccc(Cl)c13)C2. The summed E-state index contributed by atoms with van der Waals surface area (Å²) >= 11 is 12.2. The highest BCUT2D eigenvalue weighted by molar-refractivity contribution is 6.36. The number of piperazine rings is 1. The van der Waals surface area contributed by atoms with Gasteiger partial charge in [0, 0.05) is 48.9 Å². The van der Waals surface area contributed by atoms with E-state index in [1.165, 1.54) is 4.90 Å². The molecule has 6 rings (SSSR count). The van der Waals surface area contributed by atoms with Crippen molar-refractivity contribution < 1.29 is 13.9 Å². The number of anilines is 2. The topological polar surface area (TPSA) is 88.8 Å². The summed E-state index contributed by atoms with van der Waals surface area (Å²) in [6.45, 7) is 3.80. The molecule has 3 aromatic rings. The van der Waals surface area contributed by atoms with E-state index in [1.54, 1.807) is 0 Å². The summed E-state index contributed by atoms with van der Waals surface area (Å²) in [6, 6.07) is 14.4. The number of carbonyl (C=O) groups excluding carboxylic acids is 1. The number of aromatic nitrogens is 2. The lowest BCUT2D eigenvalue weighted by molar-refractivity contribution is -0.136. The van der Waals surface area contributed by atoms with Crippen molar-refractivity contribution >= 4 is 51.4 Å². The molecule has 3 aliphatic rings. The molecular weight excluding hydrogens is 592 g/mol. The zero-order valence-electron chi connectivity index (χ0n) is 24.1. The number of hydrogen-bond acceptors (Lipinski definition) is 8. The van der Waals surface area contributed by atoms with E-state index in [2.05, 4.69) is 46.0 Å². The number of carbonyl (C=O) groups is 1. The molecule has 1 amide bonds. The van der Waals surface area contributed by atoms with Crippen LogP contribution in [0.1, 0.15) is 30.5 Å². The van der Waals surface area contributed by atoms with Crippen LogP contribution in [0.3, 0.4) is 0 Å². The van der Waals surface area contributed by atoms with Crippen molar-refractivity contribution in [1.29, 1.82) is 5.26 Å². The third-order valence-electron chi connectivity index (χ3n) is 8.85. The second-order valence-corrected chi connectivity index (χ2v) is 12.2. The van der Waals surface area contributed by atoms with Gasteiger partial charge >= 0.3 is 6.01 Å². The molecule has 2 aromatic carbocycles. The Morgan fingerprint density at radius 3 is 2.70 bits per heavy atom. The minimum absolute atomic E-state index is 0.0616. The minimum Gasteiger partial charge on any atom is -0.462 e. The van der Waals surface area contributed by atoms with Gasteiger partial charge in [-0.25, -0.2) is 4.39 Å². The molecule has 0 unspecified atom stereocenters. The number of likely N-dealkylation sites (N-methyl/N-ethyl adjacent to an activating group) is 1. The first kappa shape index (κ1) is 29.7. The molecule has 0 bridgehead atoms. The van der Waals surface area contributed by atoms with E-state index in [0.717, 1.165) is 59.5 Å². The van der Waals surface area contributed by atoms with Gasteiger partial charge in [-0.1, -0.05) is 47.5 Å². The summed E-state index contributed by atoms with van der Waals surface area (Å²) in [5, 5.41) is 12.3. The molecule has 226 valence electrons. The molecular formula is C31H34Cl2FN7O2. The molecule has 3 atom stereocenters. The van der Waals surface area contributed by atoms with E-state index >= 15 is 0 Å². The van der Waals surface area contributed by atoms with E-state index in [4.69, 9.17) is 37.9 Å². The zero-order chi connectivity index (χ0) is 30.1. The number of amides is 1. The second kappa shape index (κ2) is 12.7. The molecule has 4 heterocycles. The minimum atomic E-state index is -2.14. The van der Waals surface area contributed by atoms with E-state index in [0.29, 0.717) is 49.7 Å². The smallest absolute Gasteiger partial charge is 0.318 e. The van der Waals surface area contributed by atoms with Gasteiger partial charge in [0.2, 0.25) is 0 Å². The lowest BCUT2D eigenvalue weighted by Crippen LogP contribution is -2.57. The van der Waals surface area contributed by atoms with Crippen LogP contribution in [-0.2, 0) is 17.8 Å². The van der Waals surface area contributed by atoms with Crippen molar-refractivity contribution in [1.82, 2.24) is 19.8 Å². The highest BCUT2D eigenvalue weighted by atomic mass is 35.5. The van der Waals surface area contributed by atoms with E-state index in [1.807, 2.05) is 18.2 Å². The van der Waals surface area contributed by atoms with Crippen molar-refractivity contribution in [2.75, 3.05) is 56.2 Å². The van der Waals surface area contributed by atoms with Crippen LogP contribution in [-0.4, -0.2) is 89.8 Å². The summed E-state index contributed by atoms with van der Waals surface area (Å²) < 4.78 is 20.0. The number of alkyl halides is 2. The number of ether oxygens (including phenoxy) is 1.